The molecule has 31 heavy (non-hydrogen) atoms. The van der Waals surface area contributed by atoms with Crippen molar-refractivity contribution in [1.29, 1.82) is 0 Å². The van der Waals surface area contributed by atoms with E-state index in [0.717, 1.165) is 24.2 Å². The van der Waals surface area contributed by atoms with Crippen molar-refractivity contribution in [2.45, 2.75) is 51.9 Å². The molecule has 0 aromatic carbocycles. The topological polar surface area (TPSA) is 98.7 Å². The molecule has 4 aromatic rings. The molecule has 4 heterocycles. The Morgan fingerprint density at radius 3 is 2.71 bits per heavy atom. The summed E-state index contributed by atoms with van der Waals surface area (Å²) in [5.41, 5.74) is 3.10. The predicted molar refractivity (Wildman–Crippen MR) is 117 cm³/mol. The second-order valence-corrected chi connectivity index (χ2v) is 9.04. The van der Waals surface area contributed by atoms with Crippen molar-refractivity contribution >= 4 is 22.8 Å². The van der Waals surface area contributed by atoms with Crippen molar-refractivity contribution in [2.24, 2.45) is 0 Å². The summed E-state index contributed by atoms with van der Waals surface area (Å²) in [5, 5.41) is 12.4. The number of hydrogen-bond donors (Lipinski definition) is 1. The Morgan fingerprint density at radius 2 is 2.03 bits per heavy atom. The van der Waals surface area contributed by atoms with Gasteiger partial charge in [-0.25, -0.2) is 9.97 Å². The van der Waals surface area contributed by atoms with E-state index in [-0.39, 0.29) is 11.3 Å². The Balaban J connectivity index is 1.58. The SMILES string of the molecule is Cc1noc2nc(C3CC3)cc(C(=O)Nc3cc(C(C)(C)C)nn3-c3ccccn3)c12. The van der Waals surface area contributed by atoms with Gasteiger partial charge >= 0.3 is 0 Å². The summed E-state index contributed by atoms with van der Waals surface area (Å²) < 4.78 is 7.05. The monoisotopic (exact) mass is 416 g/mol. The van der Waals surface area contributed by atoms with E-state index in [4.69, 9.17) is 9.62 Å². The van der Waals surface area contributed by atoms with Crippen LogP contribution in [-0.2, 0) is 5.41 Å². The van der Waals surface area contributed by atoms with Crippen LogP contribution in [0.1, 0.15) is 67.0 Å². The molecule has 4 aromatic heterocycles. The highest BCUT2D eigenvalue weighted by molar-refractivity contribution is 6.12. The predicted octanol–water partition coefficient (Wildman–Crippen LogP) is 4.54. The second-order valence-electron chi connectivity index (χ2n) is 9.04. The molecule has 0 radical (unpaired) electrons. The maximum absolute atomic E-state index is 13.4. The molecule has 8 heteroatoms. The van der Waals surface area contributed by atoms with E-state index in [9.17, 15) is 4.79 Å². The standard InChI is InChI=1S/C23H24N6O2/c1-13-20-15(11-16(14-8-9-14)25-22(20)31-28-13)21(30)26-19-12-17(23(2,3)4)27-29(19)18-7-5-6-10-24-18/h5-7,10-12,14H,8-9H2,1-4H3,(H,26,30). The fraction of sp³-hybridized carbons (Fsp3) is 0.348. The Labute approximate surface area is 179 Å². The van der Waals surface area contributed by atoms with E-state index in [1.54, 1.807) is 10.9 Å². The van der Waals surface area contributed by atoms with Gasteiger partial charge in [-0.15, -0.1) is 0 Å². The summed E-state index contributed by atoms with van der Waals surface area (Å²) >= 11 is 0. The number of hydrogen-bond acceptors (Lipinski definition) is 6. The highest BCUT2D eigenvalue weighted by Crippen LogP contribution is 2.40. The van der Waals surface area contributed by atoms with Gasteiger partial charge < -0.3 is 9.84 Å². The van der Waals surface area contributed by atoms with E-state index in [1.165, 1.54) is 0 Å². The molecule has 0 aliphatic heterocycles. The molecule has 0 bridgehead atoms. The fourth-order valence-electron chi connectivity index (χ4n) is 3.56. The van der Waals surface area contributed by atoms with E-state index < -0.39 is 0 Å². The minimum Gasteiger partial charge on any atom is -0.336 e. The molecule has 1 N–H and O–H groups in total. The lowest BCUT2D eigenvalue weighted by Gasteiger charge is -2.13. The molecule has 8 nitrogen and oxygen atoms in total. The zero-order valence-corrected chi connectivity index (χ0v) is 18.0. The van der Waals surface area contributed by atoms with Crippen molar-refractivity contribution in [1.82, 2.24) is 24.9 Å². The smallest absolute Gasteiger partial charge is 0.259 e. The number of nitrogens with one attached hydrogen (secondary N) is 1. The lowest BCUT2D eigenvalue weighted by molar-refractivity contribution is 0.102. The molecular formula is C23H24N6O2. The number of nitrogens with zero attached hydrogens (tertiary/aromatic N) is 5. The lowest BCUT2D eigenvalue weighted by atomic mass is 9.92. The normalized spacial score (nSPS) is 14.2. The molecule has 1 fully saturated rings. The Morgan fingerprint density at radius 1 is 1.23 bits per heavy atom. The van der Waals surface area contributed by atoms with Crippen molar-refractivity contribution in [3.8, 4) is 5.82 Å². The van der Waals surface area contributed by atoms with Gasteiger partial charge in [0.15, 0.2) is 5.82 Å². The van der Waals surface area contributed by atoms with Crippen molar-refractivity contribution < 1.29 is 9.32 Å². The molecular weight excluding hydrogens is 392 g/mol. The zero-order valence-electron chi connectivity index (χ0n) is 18.0. The van der Waals surface area contributed by atoms with Gasteiger partial charge in [0.2, 0.25) is 0 Å². The maximum atomic E-state index is 13.4. The number of carbonyl (C=O) groups is 1. The van der Waals surface area contributed by atoms with Crippen LogP contribution >= 0.6 is 0 Å². The van der Waals surface area contributed by atoms with Crippen LogP contribution in [0.5, 0.6) is 0 Å². The number of aryl methyl sites for hydroxylation is 1. The molecule has 1 amide bonds. The second kappa shape index (κ2) is 7.01. The third kappa shape index (κ3) is 3.58. The summed E-state index contributed by atoms with van der Waals surface area (Å²) in [6, 6.07) is 9.35. The van der Waals surface area contributed by atoms with Gasteiger partial charge in [-0.2, -0.15) is 9.78 Å². The third-order valence-electron chi connectivity index (χ3n) is 5.46. The Kier molecular flexibility index (Phi) is 4.39. The third-order valence-corrected chi connectivity index (χ3v) is 5.46. The number of aromatic nitrogens is 5. The minimum absolute atomic E-state index is 0.187. The molecule has 0 spiro atoms. The average Bonchev–Trinajstić information content (AvgIpc) is 3.40. The molecule has 158 valence electrons. The van der Waals surface area contributed by atoms with Crippen LogP contribution in [0.15, 0.2) is 41.1 Å². The molecule has 0 unspecified atom stereocenters. The first-order valence-electron chi connectivity index (χ1n) is 10.4. The van der Waals surface area contributed by atoms with Gasteiger partial charge in [-0.3, -0.25) is 4.79 Å². The van der Waals surface area contributed by atoms with Crippen LogP contribution in [0.3, 0.4) is 0 Å². The summed E-state index contributed by atoms with van der Waals surface area (Å²) in [6.45, 7) is 8.06. The van der Waals surface area contributed by atoms with Crippen molar-refractivity contribution in [2.75, 3.05) is 5.32 Å². The molecule has 1 aliphatic rings. The first-order chi connectivity index (χ1) is 14.8. The maximum Gasteiger partial charge on any atom is 0.259 e. The van der Waals surface area contributed by atoms with Crippen LogP contribution < -0.4 is 5.32 Å². The average molecular weight is 416 g/mol. The largest absolute Gasteiger partial charge is 0.336 e. The quantitative estimate of drug-likeness (QED) is 0.524. The molecule has 0 saturated heterocycles. The minimum atomic E-state index is -0.252. The number of anilines is 1. The van der Waals surface area contributed by atoms with Gasteiger partial charge in [0.1, 0.15) is 5.82 Å². The van der Waals surface area contributed by atoms with E-state index >= 15 is 0 Å². The summed E-state index contributed by atoms with van der Waals surface area (Å²) in [5.74, 6) is 1.32. The summed E-state index contributed by atoms with van der Waals surface area (Å²) in [4.78, 5) is 22.4. The van der Waals surface area contributed by atoms with Gasteiger partial charge in [-0.1, -0.05) is 32.0 Å². The first-order valence-corrected chi connectivity index (χ1v) is 10.4. The van der Waals surface area contributed by atoms with Crippen molar-refractivity contribution in [3.05, 3.63) is 59.2 Å². The Hall–Kier alpha value is -3.55. The number of fused-ring (bicyclic) bond motifs is 1. The number of amides is 1. The molecule has 1 aliphatic carbocycles. The highest BCUT2D eigenvalue weighted by atomic mass is 16.5. The molecule has 1 saturated carbocycles. The van der Waals surface area contributed by atoms with E-state index in [1.807, 2.05) is 37.3 Å². The summed E-state index contributed by atoms with van der Waals surface area (Å²) in [6.07, 6.45) is 3.86. The van der Waals surface area contributed by atoms with Crippen LogP contribution in [-0.4, -0.2) is 30.8 Å². The van der Waals surface area contributed by atoms with Gasteiger partial charge in [0, 0.05) is 29.3 Å². The van der Waals surface area contributed by atoms with Crippen molar-refractivity contribution in [3.63, 3.8) is 0 Å². The zero-order chi connectivity index (χ0) is 21.8. The van der Waals surface area contributed by atoms with Gasteiger partial charge in [0.05, 0.1) is 22.3 Å². The van der Waals surface area contributed by atoms with Gasteiger partial charge in [0.25, 0.3) is 11.6 Å². The summed E-state index contributed by atoms with van der Waals surface area (Å²) in [7, 11) is 0. The van der Waals surface area contributed by atoms with Crippen LogP contribution in [0.25, 0.3) is 16.9 Å². The van der Waals surface area contributed by atoms with E-state index in [2.05, 4.69) is 41.2 Å². The van der Waals surface area contributed by atoms with Crippen LogP contribution in [0.4, 0.5) is 5.82 Å². The van der Waals surface area contributed by atoms with Gasteiger partial charge in [-0.05, 0) is 38.0 Å². The Bertz CT molecular complexity index is 1280. The van der Waals surface area contributed by atoms with E-state index in [0.29, 0.717) is 39.9 Å². The molecule has 0 atom stereocenters. The van der Waals surface area contributed by atoms with Crippen LogP contribution in [0, 0.1) is 6.92 Å². The van der Waals surface area contributed by atoms with Crippen LogP contribution in [0.2, 0.25) is 0 Å². The highest BCUT2D eigenvalue weighted by Gasteiger charge is 2.29. The number of carbonyl (C=O) groups excluding carboxylic acids is 1. The molecule has 5 rings (SSSR count). The number of pyridine rings is 2. The lowest BCUT2D eigenvalue weighted by Crippen LogP contribution is -2.16. The number of rotatable bonds is 4. The fourth-order valence-corrected chi connectivity index (χ4v) is 3.56. The first kappa shape index (κ1) is 19.4.